The fourth-order valence-corrected chi connectivity index (χ4v) is 1.27. The van der Waals surface area contributed by atoms with Crippen LogP contribution < -0.4 is 9.47 Å². The number of hydrogen-bond donors (Lipinski definition) is 1. The second kappa shape index (κ2) is 5.16. The van der Waals surface area contributed by atoms with E-state index >= 15 is 0 Å². The molecule has 0 saturated carbocycles. The van der Waals surface area contributed by atoms with Gasteiger partial charge >= 0.3 is 0 Å². The van der Waals surface area contributed by atoms with E-state index in [4.69, 9.17) is 9.47 Å². The van der Waals surface area contributed by atoms with Crippen LogP contribution in [0, 0.1) is 0 Å². The zero-order chi connectivity index (χ0) is 11.2. The SMILES string of the molecule is CCOc1ccc(COc2cn[nH]n2)cc1. The topological polar surface area (TPSA) is 60.0 Å². The molecular formula is C11H13N3O2. The van der Waals surface area contributed by atoms with E-state index in [0.29, 0.717) is 19.1 Å². The highest BCUT2D eigenvalue weighted by Crippen LogP contribution is 2.13. The first-order chi connectivity index (χ1) is 7.88. The van der Waals surface area contributed by atoms with Crippen LogP contribution in [0.1, 0.15) is 12.5 Å². The van der Waals surface area contributed by atoms with Gasteiger partial charge in [0, 0.05) is 0 Å². The smallest absolute Gasteiger partial charge is 0.253 e. The molecule has 0 atom stereocenters. The summed E-state index contributed by atoms with van der Waals surface area (Å²) in [5.41, 5.74) is 1.06. The van der Waals surface area contributed by atoms with E-state index in [9.17, 15) is 0 Å². The van der Waals surface area contributed by atoms with Crippen molar-refractivity contribution in [3.05, 3.63) is 36.0 Å². The lowest BCUT2D eigenvalue weighted by atomic mass is 10.2. The van der Waals surface area contributed by atoms with Crippen LogP contribution >= 0.6 is 0 Å². The number of aromatic nitrogens is 3. The summed E-state index contributed by atoms with van der Waals surface area (Å²) >= 11 is 0. The Labute approximate surface area is 93.4 Å². The average molecular weight is 219 g/mol. The molecule has 0 aliphatic carbocycles. The van der Waals surface area contributed by atoms with Gasteiger partial charge in [-0.25, -0.2) is 0 Å². The maximum atomic E-state index is 5.39. The van der Waals surface area contributed by atoms with Gasteiger partial charge in [0.05, 0.1) is 6.61 Å². The normalized spacial score (nSPS) is 10.1. The van der Waals surface area contributed by atoms with Gasteiger partial charge in [-0.05, 0) is 24.6 Å². The number of benzene rings is 1. The Kier molecular flexibility index (Phi) is 3.38. The van der Waals surface area contributed by atoms with E-state index in [1.165, 1.54) is 6.20 Å². The Balaban J connectivity index is 1.90. The van der Waals surface area contributed by atoms with Crippen LogP contribution in [0.5, 0.6) is 11.6 Å². The van der Waals surface area contributed by atoms with Gasteiger partial charge in [0.15, 0.2) is 0 Å². The number of rotatable bonds is 5. The van der Waals surface area contributed by atoms with Gasteiger partial charge in [0.1, 0.15) is 18.6 Å². The molecule has 0 radical (unpaired) electrons. The first kappa shape index (κ1) is 10.5. The molecule has 0 spiro atoms. The van der Waals surface area contributed by atoms with Crippen LogP contribution in [0.2, 0.25) is 0 Å². The Morgan fingerprint density at radius 2 is 2.00 bits per heavy atom. The quantitative estimate of drug-likeness (QED) is 0.832. The summed E-state index contributed by atoms with van der Waals surface area (Å²) in [7, 11) is 0. The molecule has 1 heterocycles. The van der Waals surface area contributed by atoms with Crippen molar-refractivity contribution in [1.29, 1.82) is 0 Å². The largest absolute Gasteiger partial charge is 0.494 e. The number of hydrogen-bond acceptors (Lipinski definition) is 4. The van der Waals surface area contributed by atoms with Crippen molar-refractivity contribution in [1.82, 2.24) is 15.4 Å². The second-order valence-electron chi connectivity index (χ2n) is 3.17. The summed E-state index contributed by atoms with van der Waals surface area (Å²) in [6.07, 6.45) is 1.54. The molecule has 0 bridgehead atoms. The van der Waals surface area contributed by atoms with Gasteiger partial charge in [-0.15, -0.1) is 5.10 Å². The van der Waals surface area contributed by atoms with Gasteiger partial charge in [-0.3, -0.25) is 0 Å². The number of ether oxygens (including phenoxy) is 2. The summed E-state index contributed by atoms with van der Waals surface area (Å²) in [5, 5.41) is 9.93. The molecule has 5 nitrogen and oxygen atoms in total. The lowest BCUT2D eigenvalue weighted by molar-refractivity contribution is 0.293. The van der Waals surface area contributed by atoms with Gasteiger partial charge in [-0.1, -0.05) is 12.1 Å². The zero-order valence-corrected chi connectivity index (χ0v) is 9.01. The van der Waals surface area contributed by atoms with Crippen molar-refractivity contribution in [2.45, 2.75) is 13.5 Å². The fourth-order valence-electron chi connectivity index (χ4n) is 1.27. The predicted octanol–water partition coefficient (Wildman–Crippen LogP) is 1.78. The standard InChI is InChI=1S/C11H13N3O2/c1-2-15-10-5-3-9(4-6-10)8-16-11-7-12-14-13-11/h3-7H,2,8H2,1H3,(H,12,13,14). The fraction of sp³-hybridized carbons (Fsp3) is 0.273. The lowest BCUT2D eigenvalue weighted by Gasteiger charge is -2.05. The number of nitrogens with one attached hydrogen (secondary N) is 1. The molecule has 16 heavy (non-hydrogen) atoms. The highest BCUT2D eigenvalue weighted by Gasteiger charge is 1.98. The van der Waals surface area contributed by atoms with Crippen molar-refractivity contribution in [2.24, 2.45) is 0 Å². The second-order valence-corrected chi connectivity index (χ2v) is 3.17. The highest BCUT2D eigenvalue weighted by molar-refractivity contribution is 5.27. The minimum absolute atomic E-state index is 0.471. The van der Waals surface area contributed by atoms with E-state index in [2.05, 4.69) is 15.4 Å². The number of nitrogens with zero attached hydrogens (tertiary/aromatic N) is 2. The van der Waals surface area contributed by atoms with Crippen LogP contribution in [0.3, 0.4) is 0 Å². The third-order valence-electron chi connectivity index (χ3n) is 2.01. The molecule has 1 N–H and O–H groups in total. The molecule has 1 aromatic heterocycles. The first-order valence-electron chi connectivity index (χ1n) is 5.09. The summed E-state index contributed by atoms with van der Waals surface area (Å²) in [5.74, 6) is 1.36. The van der Waals surface area contributed by atoms with Crippen LogP contribution in [0.4, 0.5) is 0 Å². The Morgan fingerprint density at radius 3 is 2.62 bits per heavy atom. The maximum absolute atomic E-state index is 5.39. The number of H-pyrrole nitrogens is 1. The van der Waals surface area contributed by atoms with E-state index < -0.39 is 0 Å². The van der Waals surface area contributed by atoms with E-state index in [1.807, 2.05) is 31.2 Å². The van der Waals surface area contributed by atoms with Crippen LogP contribution in [-0.4, -0.2) is 22.0 Å². The van der Waals surface area contributed by atoms with Crippen molar-refractivity contribution < 1.29 is 9.47 Å². The highest BCUT2D eigenvalue weighted by atomic mass is 16.5. The van der Waals surface area contributed by atoms with Crippen LogP contribution in [0.25, 0.3) is 0 Å². The Bertz CT molecular complexity index is 411. The summed E-state index contributed by atoms with van der Waals surface area (Å²) in [6, 6.07) is 7.77. The van der Waals surface area contributed by atoms with Gasteiger partial charge in [-0.2, -0.15) is 10.3 Å². The summed E-state index contributed by atoms with van der Waals surface area (Å²) in [4.78, 5) is 0. The average Bonchev–Trinajstić information content (AvgIpc) is 2.82. The molecule has 0 fully saturated rings. The zero-order valence-electron chi connectivity index (χ0n) is 9.01. The number of aromatic amines is 1. The summed E-state index contributed by atoms with van der Waals surface area (Å²) < 4.78 is 10.7. The first-order valence-corrected chi connectivity index (χ1v) is 5.09. The lowest BCUT2D eigenvalue weighted by Crippen LogP contribution is -1.96. The third-order valence-corrected chi connectivity index (χ3v) is 2.01. The van der Waals surface area contributed by atoms with Gasteiger partial charge in [0.25, 0.3) is 5.88 Å². The third kappa shape index (κ3) is 2.73. The maximum Gasteiger partial charge on any atom is 0.253 e. The molecule has 0 amide bonds. The molecule has 0 saturated heterocycles. The van der Waals surface area contributed by atoms with Crippen molar-refractivity contribution in [3.63, 3.8) is 0 Å². The van der Waals surface area contributed by atoms with E-state index in [-0.39, 0.29) is 0 Å². The molecule has 0 aliphatic rings. The monoisotopic (exact) mass is 219 g/mol. The van der Waals surface area contributed by atoms with Crippen LogP contribution in [0.15, 0.2) is 30.5 Å². The van der Waals surface area contributed by atoms with E-state index in [0.717, 1.165) is 11.3 Å². The Morgan fingerprint density at radius 1 is 1.19 bits per heavy atom. The summed E-state index contributed by atoms with van der Waals surface area (Å²) in [6.45, 7) is 3.11. The molecular weight excluding hydrogens is 206 g/mol. The molecule has 0 aliphatic heterocycles. The molecule has 5 heteroatoms. The van der Waals surface area contributed by atoms with E-state index in [1.54, 1.807) is 0 Å². The van der Waals surface area contributed by atoms with Crippen LogP contribution in [-0.2, 0) is 6.61 Å². The van der Waals surface area contributed by atoms with Gasteiger partial charge in [0.2, 0.25) is 0 Å². The molecule has 2 rings (SSSR count). The predicted molar refractivity (Wildman–Crippen MR) is 58.3 cm³/mol. The van der Waals surface area contributed by atoms with Crippen molar-refractivity contribution in [2.75, 3.05) is 6.61 Å². The van der Waals surface area contributed by atoms with Crippen molar-refractivity contribution in [3.8, 4) is 11.6 Å². The minimum atomic E-state index is 0.471. The minimum Gasteiger partial charge on any atom is -0.494 e. The molecule has 1 aromatic carbocycles. The molecule has 0 unspecified atom stereocenters. The van der Waals surface area contributed by atoms with Gasteiger partial charge < -0.3 is 9.47 Å². The molecule has 2 aromatic rings. The Hall–Kier alpha value is -2.04. The molecule has 84 valence electrons. The van der Waals surface area contributed by atoms with Crippen molar-refractivity contribution >= 4 is 0 Å².